The second kappa shape index (κ2) is 7.86. The van der Waals surface area contributed by atoms with Crippen molar-refractivity contribution in [2.45, 2.75) is 77.5 Å². The Kier molecular flexibility index (Phi) is 5.79. The first-order valence-electron chi connectivity index (χ1n) is 11.9. The van der Waals surface area contributed by atoms with Crippen LogP contribution in [0.15, 0.2) is 23.8 Å². The number of carbonyl (C=O) groups excluding carboxylic acids is 4. The smallest absolute Gasteiger partial charge is 0.306 e. The van der Waals surface area contributed by atoms with Gasteiger partial charge in [0.15, 0.2) is 28.6 Å². The fourth-order valence-electron chi connectivity index (χ4n) is 7.66. The molecule has 7 heteroatoms. The van der Waals surface area contributed by atoms with E-state index in [1.807, 2.05) is 13.8 Å². The minimum absolute atomic E-state index is 0.153. The molecule has 0 N–H and O–H groups in total. The summed E-state index contributed by atoms with van der Waals surface area (Å²) in [6.07, 6.45) is 6.21. The summed E-state index contributed by atoms with van der Waals surface area (Å²) >= 11 is 6.02. The molecule has 3 saturated carbocycles. The van der Waals surface area contributed by atoms with Gasteiger partial charge in [0, 0.05) is 35.5 Å². The molecule has 0 spiro atoms. The van der Waals surface area contributed by atoms with Gasteiger partial charge in [0.25, 0.3) is 0 Å². The maximum atomic E-state index is 17.1. The SMILES string of the molecule is CCCC(=O)OC1(C(=O)CCl)[C@@H](C)C[C@H]2[C@@H]3CCC4=CC(=O)C=C[C@]4(C)[C@@]3(F)C(=O)C[C@@]21C. The van der Waals surface area contributed by atoms with E-state index in [0.717, 1.165) is 0 Å². The molecule has 0 aliphatic heterocycles. The molecule has 0 saturated heterocycles. The molecule has 0 aromatic carbocycles. The first-order chi connectivity index (χ1) is 15.4. The number of carbonyl (C=O) groups is 4. The van der Waals surface area contributed by atoms with E-state index >= 15 is 4.39 Å². The molecule has 0 aromatic rings. The van der Waals surface area contributed by atoms with Crippen LogP contribution in [0, 0.1) is 28.6 Å². The summed E-state index contributed by atoms with van der Waals surface area (Å²) in [5, 5.41) is 0. The Morgan fingerprint density at radius 1 is 1.24 bits per heavy atom. The predicted octanol–water partition coefficient (Wildman–Crippen LogP) is 4.70. The lowest BCUT2D eigenvalue weighted by Crippen LogP contribution is -2.68. The number of ketones is 3. The molecule has 0 radical (unpaired) electrons. The van der Waals surface area contributed by atoms with Gasteiger partial charge >= 0.3 is 5.97 Å². The minimum Gasteiger partial charge on any atom is -0.450 e. The highest BCUT2D eigenvalue weighted by molar-refractivity contribution is 6.29. The number of esters is 1. The van der Waals surface area contributed by atoms with Gasteiger partial charge in [-0.15, -0.1) is 11.6 Å². The maximum absolute atomic E-state index is 17.1. The normalized spacial score (nSPS) is 43.9. The summed E-state index contributed by atoms with van der Waals surface area (Å²) in [5.41, 5.74) is -5.35. The zero-order valence-corrected chi connectivity index (χ0v) is 20.5. The lowest BCUT2D eigenvalue weighted by atomic mass is 9.45. The highest BCUT2D eigenvalue weighted by Gasteiger charge is 2.77. The first-order valence-corrected chi connectivity index (χ1v) is 12.4. The van der Waals surface area contributed by atoms with Gasteiger partial charge in [-0.1, -0.05) is 32.4 Å². The minimum atomic E-state index is -2.19. The number of rotatable bonds is 5. The Morgan fingerprint density at radius 2 is 1.94 bits per heavy atom. The fraction of sp³-hybridized carbons (Fsp3) is 0.692. The standard InChI is InChI=1S/C26H32ClFO5/c1-5-6-22(32)33-26(21(31)14-27)15(2)11-19-18-8-7-16-12-17(29)9-10-23(16,3)25(18,28)20(30)13-24(19,26)4/h9-10,12,15,18-19H,5-8,11,13-14H2,1-4H3/t15-,18-,19-,23-,24-,25-,26?/m0/s1. The summed E-state index contributed by atoms with van der Waals surface area (Å²) in [6, 6.07) is 0. The van der Waals surface area contributed by atoms with Gasteiger partial charge < -0.3 is 4.74 Å². The third kappa shape index (κ3) is 2.95. The third-order valence-corrected chi connectivity index (χ3v) is 9.45. The molecule has 0 bridgehead atoms. The Labute approximate surface area is 199 Å². The van der Waals surface area contributed by atoms with Crippen LogP contribution < -0.4 is 0 Å². The molecule has 5 nitrogen and oxygen atoms in total. The van der Waals surface area contributed by atoms with E-state index in [4.69, 9.17) is 16.3 Å². The molecule has 33 heavy (non-hydrogen) atoms. The van der Waals surface area contributed by atoms with Crippen LogP contribution in [0.4, 0.5) is 4.39 Å². The maximum Gasteiger partial charge on any atom is 0.306 e. The van der Waals surface area contributed by atoms with Crippen molar-refractivity contribution in [2.24, 2.45) is 28.6 Å². The Bertz CT molecular complexity index is 987. The number of hydrogen-bond donors (Lipinski definition) is 0. The van der Waals surface area contributed by atoms with Crippen LogP contribution in [0.1, 0.15) is 66.2 Å². The van der Waals surface area contributed by atoms with Crippen LogP contribution in [0.5, 0.6) is 0 Å². The van der Waals surface area contributed by atoms with Gasteiger partial charge in [-0.25, -0.2) is 4.39 Å². The quantitative estimate of drug-likeness (QED) is 0.422. The lowest BCUT2D eigenvalue weighted by molar-refractivity contribution is -0.201. The van der Waals surface area contributed by atoms with Crippen molar-refractivity contribution in [1.82, 2.24) is 0 Å². The number of Topliss-reactive ketones (excluding diaryl/α,β-unsaturated/α-hetero) is 2. The third-order valence-electron chi connectivity index (χ3n) is 9.21. The summed E-state index contributed by atoms with van der Waals surface area (Å²) in [7, 11) is 0. The van der Waals surface area contributed by atoms with Crippen molar-refractivity contribution in [1.29, 1.82) is 0 Å². The van der Waals surface area contributed by atoms with Crippen molar-refractivity contribution in [3.8, 4) is 0 Å². The summed E-state index contributed by atoms with van der Waals surface area (Å²) in [6.45, 7) is 7.19. The second-order valence-corrected chi connectivity index (χ2v) is 11.0. The van der Waals surface area contributed by atoms with Crippen molar-refractivity contribution in [2.75, 3.05) is 5.88 Å². The van der Waals surface area contributed by atoms with Gasteiger partial charge in [0.05, 0.1) is 5.88 Å². The number of allylic oxidation sites excluding steroid dienone is 4. The Morgan fingerprint density at radius 3 is 2.58 bits per heavy atom. The molecule has 4 rings (SSSR count). The zero-order chi connectivity index (χ0) is 24.4. The van der Waals surface area contributed by atoms with E-state index in [-0.39, 0.29) is 30.4 Å². The summed E-state index contributed by atoms with van der Waals surface area (Å²) in [4.78, 5) is 51.7. The van der Waals surface area contributed by atoms with E-state index in [1.165, 1.54) is 12.2 Å². The Balaban J connectivity index is 1.84. The average molecular weight is 479 g/mol. The lowest BCUT2D eigenvalue weighted by Gasteiger charge is -2.59. The van der Waals surface area contributed by atoms with Crippen LogP contribution in [-0.4, -0.2) is 40.5 Å². The van der Waals surface area contributed by atoms with E-state index in [2.05, 4.69) is 0 Å². The average Bonchev–Trinajstić information content (AvgIpc) is 2.97. The van der Waals surface area contributed by atoms with Gasteiger partial charge in [-0.2, -0.15) is 0 Å². The monoisotopic (exact) mass is 478 g/mol. The van der Waals surface area contributed by atoms with E-state index in [0.29, 0.717) is 31.3 Å². The summed E-state index contributed by atoms with van der Waals surface area (Å²) < 4.78 is 23.1. The molecule has 0 aromatic heterocycles. The molecule has 1 unspecified atom stereocenters. The Hall–Kier alpha value is -1.82. The van der Waals surface area contributed by atoms with Crippen LogP contribution >= 0.6 is 11.6 Å². The van der Waals surface area contributed by atoms with Crippen molar-refractivity contribution >= 4 is 34.9 Å². The molecule has 0 heterocycles. The van der Waals surface area contributed by atoms with Crippen LogP contribution in [0.2, 0.25) is 0 Å². The molecule has 4 aliphatic carbocycles. The van der Waals surface area contributed by atoms with Crippen LogP contribution in [-0.2, 0) is 23.9 Å². The van der Waals surface area contributed by atoms with Gasteiger partial charge in [0.2, 0.25) is 0 Å². The molecule has 0 amide bonds. The van der Waals surface area contributed by atoms with E-state index in [9.17, 15) is 19.2 Å². The predicted molar refractivity (Wildman–Crippen MR) is 121 cm³/mol. The number of fused-ring (bicyclic) bond motifs is 5. The van der Waals surface area contributed by atoms with Crippen molar-refractivity contribution in [3.63, 3.8) is 0 Å². The zero-order valence-electron chi connectivity index (χ0n) is 19.7. The van der Waals surface area contributed by atoms with Gasteiger partial charge in [-0.3, -0.25) is 19.2 Å². The largest absolute Gasteiger partial charge is 0.450 e. The van der Waals surface area contributed by atoms with Crippen molar-refractivity contribution < 1.29 is 28.3 Å². The van der Waals surface area contributed by atoms with Crippen LogP contribution in [0.25, 0.3) is 0 Å². The number of hydrogen-bond acceptors (Lipinski definition) is 5. The molecule has 180 valence electrons. The highest BCUT2D eigenvalue weighted by atomic mass is 35.5. The van der Waals surface area contributed by atoms with Crippen LogP contribution in [0.3, 0.4) is 0 Å². The number of alkyl halides is 2. The number of halogens is 2. The van der Waals surface area contributed by atoms with Gasteiger partial charge in [0.1, 0.15) is 0 Å². The van der Waals surface area contributed by atoms with Gasteiger partial charge in [-0.05, 0) is 50.7 Å². The number of ether oxygens (including phenoxy) is 1. The molecular weight excluding hydrogens is 447 g/mol. The molecule has 3 fully saturated rings. The summed E-state index contributed by atoms with van der Waals surface area (Å²) in [5.74, 6) is -3.45. The first kappa shape index (κ1) is 24.3. The second-order valence-electron chi connectivity index (χ2n) is 10.7. The highest BCUT2D eigenvalue weighted by Crippen LogP contribution is 2.70. The molecular formula is C26H32ClFO5. The van der Waals surface area contributed by atoms with Crippen molar-refractivity contribution in [3.05, 3.63) is 23.8 Å². The topological polar surface area (TPSA) is 77.5 Å². The van der Waals surface area contributed by atoms with E-state index in [1.54, 1.807) is 19.9 Å². The molecule has 4 aliphatic rings. The molecule has 7 atom stereocenters. The van der Waals surface area contributed by atoms with E-state index < -0.39 is 51.5 Å². The fourth-order valence-corrected chi connectivity index (χ4v) is 7.86.